The minimum Gasteiger partial charge on any atom is -0.490 e. The highest BCUT2D eigenvalue weighted by molar-refractivity contribution is 5.99. The van der Waals surface area contributed by atoms with Crippen molar-refractivity contribution in [3.8, 4) is 11.5 Å². The zero-order valence-corrected chi connectivity index (χ0v) is 21.0. The summed E-state index contributed by atoms with van der Waals surface area (Å²) in [6.45, 7) is 10.8. The summed E-state index contributed by atoms with van der Waals surface area (Å²) in [6, 6.07) is 8.48. The van der Waals surface area contributed by atoms with Crippen LogP contribution in [0.1, 0.15) is 66.0 Å². The van der Waals surface area contributed by atoms with E-state index < -0.39 is 11.9 Å². The Balaban J connectivity index is 1.86. The van der Waals surface area contributed by atoms with Crippen LogP contribution in [0.15, 0.2) is 39.5 Å². The van der Waals surface area contributed by atoms with Crippen LogP contribution in [-0.4, -0.2) is 42.3 Å². The van der Waals surface area contributed by atoms with Crippen LogP contribution in [-0.2, 0) is 0 Å². The van der Waals surface area contributed by atoms with E-state index in [1.807, 2.05) is 45.0 Å². The number of rotatable bonds is 9. The van der Waals surface area contributed by atoms with Gasteiger partial charge in [-0.05, 0) is 68.0 Å². The normalized spacial score (nSPS) is 15.2. The van der Waals surface area contributed by atoms with Crippen LogP contribution in [0.25, 0.3) is 11.0 Å². The van der Waals surface area contributed by atoms with Crippen LogP contribution >= 0.6 is 0 Å². The molecule has 0 fully saturated rings. The van der Waals surface area contributed by atoms with Gasteiger partial charge in [-0.1, -0.05) is 26.0 Å². The molecule has 1 unspecified atom stereocenters. The molecule has 2 heterocycles. The van der Waals surface area contributed by atoms with Crippen molar-refractivity contribution >= 4 is 16.9 Å². The van der Waals surface area contributed by atoms with Gasteiger partial charge in [0.05, 0.1) is 36.8 Å². The first-order valence-corrected chi connectivity index (χ1v) is 12.2. The summed E-state index contributed by atoms with van der Waals surface area (Å²) in [6.07, 6.45) is 0.912. The van der Waals surface area contributed by atoms with Gasteiger partial charge in [-0.2, -0.15) is 0 Å². The van der Waals surface area contributed by atoms with Gasteiger partial charge in [-0.3, -0.25) is 9.59 Å². The second-order valence-electron chi connectivity index (χ2n) is 9.42. The van der Waals surface area contributed by atoms with E-state index in [9.17, 15) is 14.7 Å². The van der Waals surface area contributed by atoms with Gasteiger partial charge < -0.3 is 23.9 Å². The maximum atomic E-state index is 13.8. The number of aryl methyl sites for hydroxylation is 2. The molecule has 7 heteroatoms. The second kappa shape index (κ2) is 10.1. The first-order valence-electron chi connectivity index (χ1n) is 12.2. The highest BCUT2D eigenvalue weighted by Crippen LogP contribution is 2.41. The summed E-state index contributed by atoms with van der Waals surface area (Å²) in [5, 5.41) is 10.2. The molecule has 1 aromatic heterocycles. The van der Waals surface area contributed by atoms with Gasteiger partial charge in [-0.25, -0.2) is 0 Å². The standard InChI is InChI=1S/C28H33NO6/c1-6-33-21-15-19(7-8-20(21)34-12-9-16(2)3)25-24-26(31)23-18(5)13-17(4)14-22(23)35-27(24)28(32)29(25)10-11-30/h7-8,13-16,25,30H,6,9-12H2,1-5H3. The van der Waals surface area contributed by atoms with Crippen molar-refractivity contribution in [3.63, 3.8) is 0 Å². The third-order valence-electron chi connectivity index (χ3n) is 6.29. The highest BCUT2D eigenvalue weighted by atomic mass is 16.5. The Morgan fingerprint density at radius 2 is 1.86 bits per heavy atom. The minimum atomic E-state index is -0.699. The Kier molecular flexibility index (Phi) is 7.17. The third kappa shape index (κ3) is 4.65. The summed E-state index contributed by atoms with van der Waals surface area (Å²) >= 11 is 0. The van der Waals surface area contributed by atoms with E-state index in [2.05, 4.69) is 13.8 Å². The maximum absolute atomic E-state index is 13.8. The molecule has 0 spiro atoms. The van der Waals surface area contributed by atoms with Crippen molar-refractivity contribution in [2.75, 3.05) is 26.4 Å². The smallest absolute Gasteiger partial charge is 0.290 e. The molecule has 1 N–H and O–H groups in total. The predicted molar refractivity (Wildman–Crippen MR) is 134 cm³/mol. The summed E-state index contributed by atoms with van der Waals surface area (Å²) < 4.78 is 17.9. The Hall–Kier alpha value is -3.32. The molecule has 3 aromatic rings. The molecule has 0 saturated heterocycles. The highest BCUT2D eigenvalue weighted by Gasteiger charge is 2.43. The number of hydrogen-bond donors (Lipinski definition) is 1. The van der Waals surface area contributed by atoms with Gasteiger partial charge in [0.1, 0.15) is 5.58 Å². The number of aliphatic hydroxyl groups excluding tert-OH is 1. The first-order chi connectivity index (χ1) is 16.8. The average molecular weight is 480 g/mol. The molecule has 1 aliphatic heterocycles. The molecule has 0 bridgehead atoms. The lowest BCUT2D eigenvalue weighted by Gasteiger charge is -2.25. The van der Waals surface area contributed by atoms with Crippen LogP contribution in [0.5, 0.6) is 11.5 Å². The molecule has 0 aliphatic carbocycles. The molecule has 2 aromatic carbocycles. The number of ether oxygens (including phenoxy) is 2. The van der Waals surface area contributed by atoms with Crippen molar-refractivity contribution in [2.45, 2.75) is 47.1 Å². The molecule has 1 atom stereocenters. The van der Waals surface area contributed by atoms with E-state index in [-0.39, 0.29) is 24.3 Å². The lowest BCUT2D eigenvalue weighted by molar-refractivity contribution is 0.0691. The topological polar surface area (TPSA) is 89.2 Å². The van der Waals surface area contributed by atoms with Crippen molar-refractivity contribution in [2.24, 2.45) is 5.92 Å². The van der Waals surface area contributed by atoms with E-state index in [0.717, 1.165) is 17.5 Å². The average Bonchev–Trinajstić information content (AvgIpc) is 3.06. The number of amides is 1. The summed E-state index contributed by atoms with van der Waals surface area (Å²) in [5.74, 6) is 1.30. The SMILES string of the molecule is CCOc1cc(C2c3c(oc4cc(C)cc(C)c4c3=O)C(=O)N2CCO)ccc1OCCC(C)C. The Morgan fingerprint density at radius 3 is 2.54 bits per heavy atom. The largest absolute Gasteiger partial charge is 0.490 e. The van der Waals surface area contributed by atoms with Crippen molar-refractivity contribution < 1.29 is 23.8 Å². The summed E-state index contributed by atoms with van der Waals surface area (Å²) in [4.78, 5) is 28.6. The zero-order valence-electron chi connectivity index (χ0n) is 21.0. The quantitative estimate of drug-likeness (QED) is 0.476. The molecular formula is C28H33NO6. The van der Waals surface area contributed by atoms with Gasteiger partial charge in [0, 0.05) is 6.54 Å². The zero-order chi connectivity index (χ0) is 25.3. The molecule has 186 valence electrons. The number of carbonyl (C=O) groups is 1. The molecule has 0 radical (unpaired) electrons. The molecule has 7 nitrogen and oxygen atoms in total. The second-order valence-corrected chi connectivity index (χ2v) is 9.42. The van der Waals surface area contributed by atoms with Crippen molar-refractivity contribution in [1.29, 1.82) is 0 Å². The van der Waals surface area contributed by atoms with E-state index in [1.54, 1.807) is 6.07 Å². The fourth-order valence-electron chi connectivity index (χ4n) is 4.69. The van der Waals surface area contributed by atoms with Crippen LogP contribution < -0.4 is 14.9 Å². The number of carbonyl (C=O) groups excluding carboxylic acids is 1. The number of nitrogens with zero attached hydrogens (tertiary/aromatic N) is 1. The number of fused-ring (bicyclic) bond motifs is 2. The monoisotopic (exact) mass is 479 g/mol. The maximum Gasteiger partial charge on any atom is 0.290 e. The fourth-order valence-corrected chi connectivity index (χ4v) is 4.69. The van der Waals surface area contributed by atoms with Gasteiger partial charge in [0.15, 0.2) is 16.9 Å². The van der Waals surface area contributed by atoms with Crippen LogP contribution in [0.3, 0.4) is 0 Å². The van der Waals surface area contributed by atoms with Crippen LogP contribution in [0.4, 0.5) is 0 Å². The molecule has 0 saturated carbocycles. The molecular weight excluding hydrogens is 446 g/mol. The van der Waals surface area contributed by atoms with Crippen LogP contribution in [0, 0.1) is 19.8 Å². The number of benzene rings is 2. The molecule has 1 amide bonds. The van der Waals surface area contributed by atoms with E-state index in [1.165, 1.54) is 4.90 Å². The lowest BCUT2D eigenvalue weighted by atomic mass is 9.96. The number of aliphatic hydroxyl groups is 1. The van der Waals surface area contributed by atoms with Crippen molar-refractivity contribution in [1.82, 2.24) is 4.90 Å². The number of β-amino-alcohol motifs (C(OH)–C–C–N with tert-alkyl or cyclic N) is 1. The van der Waals surface area contributed by atoms with Gasteiger partial charge >= 0.3 is 0 Å². The lowest BCUT2D eigenvalue weighted by Crippen LogP contribution is -2.32. The third-order valence-corrected chi connectivity index (χ3v) is 6.29. The predicted octanol–water partition coefficient (Wildman–Crippen LogP) is 4.77. The Morgan fingerprint density at radius 1 is 1.09 bits per heavy atom. The van der Waals surface area contributed by atoms with Crippen LogP contribution in [0.2, 0.25) is 0 Å². The molecule has 1 aliphatic rings. The van der Waals surface area contributed by atoms with Gasteiger partial charge in [0.2, 0.25) is 5.76 Å². The summed E-state index contributed by atoms with van der Waals surface area (Å²) in [5.41, 5.74) is 2.90. The number of hydrogen-bond acceptors (Lipinski definition) is 6. The Labute approximate surface area is 205 Å². The van der Waals surface area contributed by atoms with Crippen molar-refractivity contribution in [3.05, 3.63) is 68.6 Å². The van der Waals surface area contributed by atoms with E-state index in [0.29, 0.717) is 52.7 Å². The fraction of sp³-hybridized carbons (Fsp3) is 0.429. The van der Waals surface area contributed by atoms with E-state index >= 15 is 0 Å². The molecule has 35 heavy (non-hydrogen) atoms. The minimum absolute atomic E-state index is 0.0289. The molecule has 4 rings (SSSR count). The van der Waals surface area contributed by atoms with E-state index in [4.69, 9.17) is 13.9 Å². The van der Waals surface area contributed by atoms with Gasteiger partial charge in [-0.15, -0.1) is 0 Å². The van der Waals surface area contributed by atoms with Gasteiger partial charge in [0.25, 0.3) is 5.91 Å². The summed E-state index contributed by atoms with van der Waals surface area (Å²) in [7, 11) is 0. The first kappa shape index (κ1) is 24.8. The Bertz CT molecular complexity index is 1310.